The summed E-state index contributed by atoms with van der Waals surface area (Å²) in [5.41, 5.74) is 7.50. The maximum absolute atomic E-state index is 12.0. The molecule has 2 aromatic rings. The third-order valence-corrected chi connectivity index (χ3v) is 4.35. The van der Waals surface area contributed by atoms with E-state index in [-0.39, 0.29) is 29.9 Å². The molecule has 0 bridgehead atoms. The van der Waals surface area contributed by atoms with Crippen LogP contribution < -0.4 is 16.4 Å². The first-order valence-corrected chi connectivity index (χ1v) is 9.00. The van der Waals surface area contributed by atoms with Crippen LogP contribution in [0.15, 0.2) is 46.8 Å². The number of rotatable bonds is 8. The molecule has 5 nitrogen and oxygen atoms in total. The normalized spacial score (nSPS) is 10.8. The zero-order valence-corrected chi connectivity index (χ0v) is 17.5. The highest BCUT2D eigenvalue weighted by molar-refractivity contribution is 14.0. The molecule has 4 N–H and O–H groups in total. The molecule has 2 rings (SSSR count). The SMILES string of the molecule is CCCNC(=O)c1cccc(CN=C(N)NCCc2cccs2)c1.I. The second-order valence-corrected chi connectivity index (χ2v) is 6.45. The standard InChI is InChI=1S/C18H24N4OS.HI/c1-2-9-20-17(23)15-6-3-5-14(12-15)13-22-18(19)21-10-8-16-7-4-11-24-16;/h3-7,11-12H,2,8-10,13H2,1H3,(H,20,23)(H3,19,21,22);1H. The quantitative estimate of drug-likeness (QED) is 0.314. The summed E-state index contributed by atoms with van der Waals surface area (Å²) in [6.45, 7) is 3.92. The minimum Gasteiger partial charge on any atom is -0.370 e. The number of thiophene rings is 1. The van der Waals surface area contributed by atoms with Crippen LogP contribution in [0.3, 0.4) is 0 Å². The third-order valence-electron chi connectivity index (χ3n) is 3.41. The van der Waals surface area contributed by atoms with Crippen molar-refractivity contribution in [3.8, 4) is 0 Å². The van der Waals surface area contributed by atoms with Gasteiger partial charge in [-0.3, -0.25) is 4.79 Å². The van der Waals surface area contributed by atoms with Gasteiger partial charge in [-0.05, 0) is 42.0 Å². The summed E-state index contributed by atoms with van der Waals surface area (Å²) in [6, 6.07) is 11.6. The van der Waals surface area contributed by atoms with Gasteiger partial charge in [-0.15, -0.1) is 35.3 Å². The second kappa shape index (κ2) is 11.9. The van der Waals surface area contributed by atoms with Crippen molar-refractivity contribution in [3.63, 3.8) is 0 Å². The number of carbonyl (C=O) groups excluding carboxylic acids is 1. The lowest BCUT2D eigenvalue weighted by Gasteiger charge is -2.06. The fraction of sp³-hybridized carbons (Fsp3) is 0.333. The number of nitrogens with two attached hydrogens (primary N) is 1. The molecule has 0 saturated heterocycles. The summed E-state index contributed by atoms with van der Waals surface area (Å²) in [6.07, 6.45) is 1.85. The Morgan fingerprint density at radius 3 is 2.76 bits per heavy atom. The van der Waals surface area contributed by atoms with Crippen molar-refractivity contribution in [2.24, 2.45) is 10.7 Å². The zero-order valence-electron chi connectivity index (χ0n) is 14.3. The Hall–Kier alpha value is -1.61. The van der Waals surface area contributed by atoms with Gasteiger partial charge in [0.25, 0.3) is 5.91 Å². The number of nitrogens with zero attached hydrogens (tertiary/aromatic N) is 1. The summed E-state index contributed by atoms with van der Waals surface area (Å²) in [7, 11) is 0. The van der Waals surface area contributed by atoms with Gasteiger partial charge in [-0.25, -0.2) is 4.99 Å². The molecule has 25 heavy (non-hydrogen) atoms. The van der Waals surface area contributed by atoms with E-state index < -0.39 is 0 Å². The maximum Gasteiger partial charge on any atom is 0.251 e. The van der Waals surface area contributed by atoms with Crippen molar-refractivity contribution >= 4 is 47.2 Å². The van der Waals surface area contributed by atoms with Gasteiger partial charge in [-0.1, -0.05) is 25.1 Å². The lowest BCUT2D eigenvalue weighted by molar-refractivity contribution is 0.0953. The van der Waals surface area contributed by atoms with Gasteiger partial charge in [0.1, 0.15) is 0 Å². The molecule has 0 atom stereocenters. The molecule has 0 spiro atoms. The van der Waals surface area contributed by atoms with Crippen LogP contribution in [0.4, 0.5) is 0 Å². The molecule has 0 fully saturated rings. The molecule has 1 heterocycles. The van der Waals surface area contributed by atoms with Crippen LogP contribution in [0.1, 0.15) is 34.1 Å². The first-order chi connectivity index (χ1) is 11.7. The lowest BCUT2D eigenvalue weighted by atomic mass is 10.1. The molecule has 136 valence electrons. The van der Waals surface area contributed by atoms with Gasteiger partial charge in [0.05, 0.1) is 6.54 Å². The number of aliphatic imine (C=N–C) groups is 1. The van der Waals surface area contributed by atoms with Crippen LogP contribution in [-0.2, 0) is 13.0 Å². The number of halogens is 1. The highest BCUT2D eigenvalue weighted by Gasteiger charge is 2.05. The van der Waals surface area contributed by atoms with Gasteiger partial charge >= 0.3 is 0 Å². The minimum absolute atomic E-state index is 0. The third kappa shape index (κ3) is 7.87. The van der Waals surface area contributed by atoms with Crippen LogP contribution in [-0.4, -0.2) is 25.0 Å². The Kier molecular flexibility index (Phi) is 10.2. The summed E-state index contributed by atoms with van der Waals surface area (Å²) < 4.78 is 0. The van der Waals surface area contributed by atoms with E-state index in [1.807, 2.05) is 31.2 Å². The van der Waals surface area contributed by atoms with Gasteiger partial charge in [-0.2, -0.15) is 0 Å². The van der Waals surface area contributed by atoms with Crippen LogP contribution in [0.25, 0.3) is 0 Å². The Morgan fingerprint density at radius 1 is 1.20 bits per heavy atom. The topological polar surface area (TPSA) is 79.5 Å². The fourth-order valence-corrected chi connectivity index (χ4v) is 2.86. The highest BCUT2D eigenvalue weighted by Crippen LogP contribution is 2.08. The molecule has 1 aromatic heterocycles. The van der Waals surface area contributed by atoms with Crippen molar-refractivity contribution < 1.29 is 4.79 Å². The van der Waals surface area contributed by atoms with Gasteiger partial charge in [0.15, 0.2) is 5.96 Å². The van der Waals surface area contributed by atoms with Crippen molar-refractivity contribution in [3.05, 3.63) is 57.8 Å². The predicted octanol–water partition coefficient (Wildman–Crippen LogP) is 3.15. The molecule has 0 aliphatic heterocycles. The lowest BCUT2D eigenvalue weighted by Crippen LogP contribution is -2.33. The summed E-state index contributed by atoms with van der Waals surface area (Å²) in [5, 5.41) is 8.05. The molecule has 0 aliphatic rings. The summed E-state index contributed by atoms with van der Waals surface area (Å²) >= 11 is 1.74. The fourth-order valence-electron chi connectivity index (χ4n) is 2.15. The van der Waals surface area contributed by atoms with E-state index in [0.29, 0.717) is 24.6 Å². The number of hydrogen-bond acceptors (Lipinski definition) is 3. The Bertz CT molecular complexity index is 673. The molecular formula is C18H25IN4OS. The van der Waals surface area contributed by atoms with E-state index in [4.69, 9.17) is 5.73 Å². The first kappa shape index (κ1) is 21.4. The van der Waals surface area contributed by atoms with Crippen molar-refractivity contribution in [1.82, 2.24) is 10.6 Å². The highest BCUT2D eigenvalue weighted by atomic mass is 127. The largest absolute Gasteiger partial charge is 0.370 e. The molecule has 0 aliphatic carbocycles. The number of hydrogen-bond donors (Lipinski definition) is 3. The van der Waals surface area contributed by atoms with E-state index in [9.17, 15) is 4.79 Å². The van der Waals surface area contributed by atoms with Crippen LogP contribution in [0, 0.1) is 0 Å². The Morgan fingerprint density at radius 2 is 2.04 bits per heavy atom. The molecule has 7 heteroatoms. The minimum atomic E-state index is -0.0512. The summed E-state index contributed by atoms with van der Waals surface area (Å²) in [4.78, 5) is 17.6. The molecular weight excluding hydrogens is 447 g/mol. The number of nitrogens with one attached hydrogen (secondary N) is 2. The molecule has 0 saturated carbocycles. The number of amides is 1. The van der Waals surface area contributed by atoms with E-state index in [2.05, 4.69) is 27.1 Å². The first-order valence-electron chi connectivity index (χ1n) is 8.12. The number of guanidine groups is 1. The van der Waals surface area contributed by atoms with Crippen molar-refractivity contribution in [1.29, 1.82) is 0 Å². The molecule has 1 amide bonds. The molecule has 0 radical (unpaired) electrons. The number of benzene rings is 1. The smallest absolute Gasteiger partial charge is 0.251 e. The average Bonchev–Trinajstić information content (AvgIpc) is 3.11. The molecule has 0 unspecified atom stereocenters. The van der Waals surface area contributed by atoms with Gasteiger partial charge < -0.3 is 16.4 Å². The van der Waals surface area contributed by atoms with E-state index in [1.165, 1.54) is 4.88 Å². The van der Waals surface area contributed by atoms with Gasteiger partial charge in [0.2, 0.25) is 0 Å². The zero-order chi connectivity index (χ0) is 17.2. The van der Waals surface area contributed by atoms with E-state index in [1.54, 1.807) is 17.4 Å². The second-order valence-electron chi connectivity index (χ2n) is 5.41. The molecule has 1 aromatic carbocycles. The van der Waals surface area contributed by atoms with E-state index in [0.717, 1.165) is 24.9 Å². The predicted molar refractivity (Wildman–Crippen MR) is 116 cm³/mol. The van der Waals surface area contributed by atoms with Crippen molar-refractivity contribution in [2.45, 2.75) is 26.3 Å². The van der Waals surface area contributed by atoms with E-state index >= 15 is 0 Å². The van der Waals surface area contributed by atoms with Crippen LogP contribution >= 0.6 is 35.3 Å². The van der Waals surface area contributed by atoms with Crippen LogP contribution in [0.2, 0.25) is 0 Å². The van der Waals surface area contributed by atoms with Crippen LogP contribution in [0.5, 0.6) is 0 Å². The Balaban J connectivity index is 0.00000312. The monoisotopic (exact) mass is 472 g/mol. The number of carbonyl (C=O) groups is 1. The summed E-state index contributed by atoms with van der Waals surface area (Å²) in [5.74, 6) is 0.372. The average molecular weight is 472 g/mol. The van der Waals surface area contributed by atoms with Gasteiger partial charge in [0, 0.05) is 23.5 Å². The maximum atomic E-state index is 12.0. The Labute approximate surface area is 170 Å². The van der Waals surface area contributed by atoms with Crippen molar-refractivity contribution in [2.75, 3.05) is 13.1 Å².